The highest BCUT2D eigenvalue weighted by molar-refractivity contribution is 6.05. The number of rotatable bonds is 6. The summed E-state index contributed by atoms with van der Waals surface area (Å²) in [5.74, 6) is 0.0729. The molecule has 1 N–H and O–H groups in total. The van der Waals surface area contributed by atoms with E-state index in [9.17, 15) is 9.59 Å². The van der Waals surface area contributed by atoms with Crippen LogP contribution in [0.4, 0.5) is 5.69 Å². The number of hydrogen-bond acceptors (Lipinski definition) is 6. The molecule has 0 aliphatic heterocycles. The zero-order valence-electron chi connectivity index (χ0n) is 17.7. The summed E-state index contributed by atoms with van der Waals surface area (Å²) in [6, 6.07) is 21.3. The molecule has 4 rings (SSSR count). The average molecular weight is 427 g/mol. The lowest BCUT2D eigenvalue weighted by molar-refractivity contribution is 0.0526. The number of hydrogen-bond donors (Lipinski definition) is 1. The molecule has 0 saturated heterocycles. The summed E-state index contributed by atoms with van der Waals surface area (Å²) in [6.07, 6.45) is 0. The van der Waals surface area contributed by atoms with Crippen molar-refractivity contribution in [3.63, 3.8) is 0 Å². The third-order valence-corrected chi connectivity index (χ3v) is 4.72. The predicted octanol–water partition coefficient (Wildman–Crippen LogP) is 5.14. The highest BCUT2D eigenvalue weighted by Gasteiger charge is 2.13. The summed E-state index contributed by atoms with van der Waals surface area (Å²) in [6.45, 7) is 4.02. The Balaban J connectivity index is 1.47. The van der Waals surface area contributed by atoms with Gasteiger partial charge in [-0.15, -0.1) is 10.2 Å². The molecule has 32 heavy (non-hydrogen) atoms. The summed E-state index contributed by atoms with van der Waals surface area (Å²) in [5.41, 5.74) is 3.99. The van der Waals surface area contributed by atoms with Crippen LogP contribution in [0.3, 0.4) is 0 Å². The molecule has 1 aromatic heterocycles. The molecule has 0 spiro atoms. The van der Waals surface area contributed by atoms with Crippen LogP contribution in [0.25, 0.3) is 22.9 Å². The van der Waals surface area contributed by atoms with Crippen LogP contribution in [0.5, 0.6) is 0 Å². The molecule has 4 aromatic rings. The molecule has 1 amide bonds. The topological polar surface area (TPSA) is 94.3 Å². The van der Waals surface area contributed by atoms with Crippen LogP contribution in [0.1, 0.15) is 33.2 Å². The number of aryl methyl sites for hydroxylation is 1. The first-order valence-corrected chi connectivity index (χ1v) is 10.1. The van der Waals surface area contributed by atoms with E-state index in [4.69, 9.17) is 9.15 Å². The van der Waals surface area contributed by atoms with E-state index < -0.39 is 5.97 Å². The third kappa shape index (κ3) is 4.73. The number of ether oxygens (including phenoxy) is 1. The number of esters is 1. The lowest BCUT2D eigenvalue weighted by atomic mass is 10.1. The van der Waals surface area contributed by atoms with Crippen LogP contribution in [0, 0.1) is 6.92 Å². The zero-order chi connectivity index (χ0) is 22.5. The van der Waals surface area contributed by atoms with Gasteiger partial charge in [0.15, 0.2) is 0 Å². The Kier molecular flexibility index (Phi) is 6.07. The number of benzene rings is 3. The van der Waals surface area contributed by atoms with Gasteiger partial charge < -0.3 is 14.5 Å². The highest BCUT2D eigenvalue weighted by Crippen LogP contribution is 2.25. The smallest absolute Gasteiger partial charge is 0.338 e. The number of amides is 1. The Morgan fingerprint density at radius 3 is 2.31 bits per heavy atom. The highest BCUT2D eigenvalue weighted by atomic mass is 16.5. The van der Waals surface area contributed by atoms with E-state index in [1.165, 1.54) is 0 Å². The molecule has 0 fully saturated rings. The maximum atomic E-state index is 12.6. The second kappa shape index (κ2) is 9.26. The molecule has 3 aromatic carbocycles. The SMILES string of the molecule is CCOC(=O)c1cccc(NC(=O)c2ccc(-c3nnc(-c4cccc(C)c4)o3)cc2)c1. The number of carbonyl (C=O) groups excluding carboxylic acids is 2. The molecule has 0 unspecified atom stereocenters. The molecule has 7 heteroatoms. The molecule has 7 nitrogen and oxygen atoms in total. The molecule has 0 atom stereocenters. The van der Waals surface area contributed by atoms with E-state index >= 15 is 0 Å². The van der Waals surface area contributed by atoms with Crippen molar-refractivity contribution in [2.75, 3.05) is 11.9 Å². The van der Waals surface area contributed by atoms with E-state index in [-0.39, 0.29) is 12.5 Å². The van der Waals surface area contributed by atoms with Crippen molar-refractivity contribution in [2.45, 2.75) is 13.8 Å². The van der Waals surface area contributed by atoms with E-state index in [1.807, 2.05) is 31.2 Å². The Morgan fingerprint density at radius 2 is 1.59 bits per heavy atom. The van der Waals surface area contributed by atoms with Crippen LogP contribution in [-0.2, 0) is 4.74 Å². The number of nitrogens with one attached hydrogen (secondary N) is 1. The molecular weight excluding hydrogens is 406 g/mol. The minimum Gasteiger partial charge on any atom is -0.462 e. The minimum atomic E-state index is -0.433. The van der Waals surface area contributed by atoms with Crippen LogP contribution < -0.4 is 5.32 Å². The molecular formula is C25H21N3O4. The summed E-state index contributed by atoms with van der Waals surface area (Å²) in [4.78, 5) is 24.5. The summed E-state index contributed by atoms with van der Waals surface area (Å²) >= 11 is 0. The maximum absolute atomic E-state index is 12.6. The summed E-state index contributed by atoms with van der Waals surface area (Å²) in [5, 5.41) is 11.0. The normalized spacial score (nSPS) is 10.6. The molecule has 160 valence electrons. The van der Waals surface area contributed by atoms with E-state index in [0.29, 0.717) is 34.2 Å². The molecule has 0 aliphatic rings. The largest absolute Gasteiger partial charge is 0.462 e. The number of anilines is 1. The molecule has 0 aliphatic carbocycles. The van der Waals surface area contributed by atoms with Gasteiger partial charge >= 0.3 is 5.97 Å². The Hall–Kier alpha value is -4.26. The van der Waals surface area contributed by atoms with Crippen molar-refractivity contribution in [3.8, 4) is 22.9 Å². The maximum Gasteiger partial charge on any atom is 0.338 e. The van der Waals surface area contributed by atoms with Crippen molar-refractivity contribution in [1.29, 1.82) is 0 Å². The van der Waals surface area contributed by atoms with Gasteiger partial charge in [0.1, 0.15) is 0 Å². The van der Waals surface area contributed by atoms with Gasteiger partial charge in [-0.3, -0.25) is 4.79 Å². The second-order valence-corrected chi connectivity index (χ2v) is 7.11. The molecule has 0 bridgehead atoms. The van der Waals surface area contributed by atoms with Gasteiger partial charge in [0.25, 0.3) is 5.91 Å². The van der Waals surface area contributed by atoms with Gasteiger partial charge in [0, 0.05) is 22.4 Å². The van der Waals surface area contributed by atoms with Crippen LogP contribution >= 0.6 is 0 Å². The Morgan fingerprint density at radius 1 is 0.875 bits per heavy atom. The lowest BCUT2D eigenvalue weighted by Gasteiger charge is -2.07. The van der Waals surface area contributed by atoms with Crippen LogP contribution in [0.15, 0.2) is 77.2 Å². The fourth-order valence-electron chi connectivity index (χ4n) is 3.14. The second-order valence-electron chi connectivity index (χ2n) is 7.11. The molecule has 0 radical (unpaired) electrons. The Bertz CT molecular complexity index is 1260. The first-order chi connectivity index (χ1) is 15.5. The van der Waals surface area contributed by atoms with Crippen LogP contribution in [-0.4, -0.2) is 28.7 Å². The quantitative estimate of drug-likeness (QED) is 0.428. The summed E-state index contributed by atoms with van der Waals surface area (Å²) in [7, 11) is 0. The standard InChI is InChI=1S/C25H21N3O4/c1-3-31-25(30)20-8-5-9-21(15-20)26-22(29)17-10-12-18(13-11-17)23-27-28-24(32-23)19-7-4-6-16(2)14-19/h4-15H,3H2,1-2H3,(H,26,29). The molecule has 1 heterocycles. The first kappa shape index (κ1) is 21.0. The third-order valence-electron chi connectivity index (χ3n) is 4.72. The number of aromatic nitrogens is 2. The fourth-order valence-corrected chi connectivity index (χ4v) is 3.14. The van der Waals surface area contributed by atoms with Crippen molar-refractivity contribution in [3.05, 3.63) is 89.5 Å². The van der Waals surface area contributed by atoms with Crippen molar-refractivity contribution in [1.82, 2.24) is 10.2 Å². The number of nitrogens with zero attached hydrogens (tertiary/aromatic N) is 2. The average Bonchev–Trinajstić information content (AvgIpc) is 3.30. The van der Waals surface area contributed by atoms with Gasteiger partial charge in [-0.25, -0.2) is 4.79 Å². The van der Waals surface area contributed by atoms with Crippen LogP contribution in [0.2, 0.25) is 0 Å². The van der Waals surface area contributed by atoms with Crippen molar-refractivity contribution >= 4 is 17.6 Å². The van der Waals surface area contributed by atoms with E-state index in [0.717, 1.165) is 11.1 Å². The fraction of sp³-hybridized carbons (Fsp3) is 0.120. The van der Waals surface area contributed by atoms with Gasteiger partial charge in [0.05, 0.1) is 12.2 Å². The monoisotopic (exact) mass is 427 g/mol. The van der Waals surface area contributed by atoms with Gasteiger partial charge in [-0.05, 0) is 68.4 Å². The molecule has 0 saturated carbocycles. The van der Waals surface area contributed by atoms with Crippen molar-refractivity contribution < 1.29 is 18.7 Å². The Labute approximate surface area is 185 Å². The number of carbonyl (C=O) groups is 2. The first-order valence-electron chi connectivity index (χ1n) is 10.1. The van der Waals surface area contributed by atoms with E-state index in [2.05, 4.69) is 15.5 Å². The van der Waals surface area contributed by atoms with Gasteiger partial charge in [0.2, 0.25) is 11.8 Å². The van der Waals surface area contributed by atoms with Gasteiger partial charge in [-0.1, -0.05) is 23.8 Å². The lowest BCUT2D eigenvalue weighted by Crippen LogP contribution is -2.12. The summed E-state index contributed by atoms with van der Waals surface area (Å²) < 4.78 is 10.8. The van der Waals surface area contributed by atoms with E-state index in [1.54, 1.807) is 55.5 Å². The predicted molar refractivity (Wildman–Crippen MR) is 120 cm³/mol. The van der Waals surface area contributed by atoms with Crippen molar-refractivity contribution in [2.24, 2.45) is 0 Å². The van der Waals surface area contributed by atoms with Gasteiger partial charge in [-0.2, -0.15) is 0 Å². The zero-order valence-corrected chi connectivity index (χ0v) is 17.7. The minimum absolute atomic E-state index is 0.286.